The first-order valence-corrected chi connectivity index (χ1v) is 11.9. The van der Waals surface area contributed by atoms with Gasteiger partial charge in [0.05, 0.1) is 0 Å². The molecule has 6 heteroatoms. The molecule has 1 aliphatic rings. The van der Waals surface area contributed by atoms with Gasteiger partial charge in [-0.05, 0) is 49.3 Å². The van der Waals surface area contributed by atoms with E-state index in [0.29, 0.717) is 11.6 Å². The van der Waals surface area contributed by atoms with Crippen molar-refractivity contribution in [1.29, 1.82) is 0 Å². The number of benzene rings is 3. The van der Waals surface area contributed by atoms with Crippen LogP contribution in [0.4, 0.5) is 0 Å². The average Bonchev–Trinajstić information content (AvgIpc) is 3.34. The molecule has 0 saturated heterocycles. The van der Waals surface area contributed by atoms with E-state index < -0.39 is 5.97 Å². The van der Waals surface area contributed by atoms with Gasteiger partial charge in [0.15, 0.2) is 11.5 Å². The molecule has 5 rings (SSSR count). The van der Waals surface area contributed by atoms with Crippen LogP contribution in [0.5, 0.6) is 5.75 Å². The van der Waals surface area contributed by atoms with Crippen molar-refractivity contribution in [2.45, 2.75) is 32.6 Å². The van der Waals surface area contributed by atoms with E-state index >= 15 is 0 Å². The Morgan fingerprint density at radius 1 is 0.972 bits per heavy atom. The van der Waals surface area contributed by atoms with Gasteiger partial charge in [-0.15, -0.1) is 0 Å². The quantitative estimate of drug-likeness (QED) is 0.161. The minimum absolute atomic E-state index is 0. The predicted molar refractivity (Wildman–Crippen MR) is 141 cm³/mol. The number of oxazole rings is 1. The zero-order valence-electron chi connectivity index (χ0n) is 20.6. The molecule has 1 atom stereocenters. The van der Waals surface area contributed by atoms with Gasteiger partial charge in [-0.2, -0.15) is 0 Å². The smallest absolute Gasteiger partial charge is 0.352 e. The number of hydrogen-bond donors (Lipinski definition) is 0. The van der Waals surface area contributed by atoms with Crippen LogP contribution in [0.2, 0.25) is 0 Å². The zero-order valence-corrected chi connectivity index (χ0v) is 22.6. The minimum Gasteiger partial charge on any atom is -0.436 e. The van der Waals surface area contributed by atoms with Crippen molar-refractivity contribution >= 4 is 41.1 Å². The first-order chi connectivity index (χ1) is 17.2. The zero-order chi connectivity index (χ0) is 24.0. The maximum atomic E-state index is 11.1. The van der Waals surface area contributed by atoms with E-state index in [-0.39, 0.29) is 35.5 Å². The van der Waals surface area contributed by atoms with Gasteiger partial charge in [-0.25, -0.2) is 9.78 Å². The molecule has 5 nitrogen and oxygen atoms in total. The van der Waals surface area contributed by atoms with Crippen LogP contribution in [-0.4, -0.2) is 40.5 Å². The van der Waals surface area contributed by atoms with E-state index in [2.05, 4.69) is 41.3 Å². The molecular weight excluding hydrogens is 461 g/mol. The summed E-state index contributed by atoms with van der Waals surface area (Å²) in [6.07, 6.45) is 6.25. The third kappa shape index (κ3) is 6.16. The Morgan fingerprint density at radius 3 is 2.42 bits per heavy atom. The second kappa shape index (κ2) is 12.2. The van der Waals surface area contributed by atoms with Gasteiger partial charge in [0.25, 0.3) is 0 Å². The molecule has 0 fully saturated rings. The molecule has 0 bridgehead atoms. The van der Waals surface area contributed by atoms with Crippen LogP contribution in [0.15, 0.2) is 95.4 Å². The fourth-order valence-electron chi connectivity index (χ4n) is 4.55. The summed E-state index contributed by atoms with van der Waals surface area (Å²) in [5.74, 6) is 1.75. The van der Waals surface area contributed by atoms with Gasteiger partial charge in [-0.3, -0.25) is 9.78 Å². The number of rotatable bonds is 7. The van der Waals surface area contributed by atoms with Crippen LogP contribution in [0, 0.1) is 5.92 Å². The number of nitrogens with zero attached hydrogens (tertiary/aromatic N) is 1. The van der Waals surface area contributed by atoms with Crippen molar-refractivity contribution in [1.82, 2.24) is 4.98 Å². The Labute approximate surface area is 233 Å². The van der Waals surface area contributed by atoms with Gasteiger partial charge in [-0.1, -0.05) is 78.9 Å². The largest absolute Gasteiger partial charge is 0.436 e. The number of hydrogen-bond acceptors (Lipinski definition) is 5. The second-order valence-electron chi connectivity index (χ2n) is 8.73. The van der Waals surface area contributed by atoms with Crippen molar-refractivity contribution < 1.29 is 19.0 Å². The second-order valence-corrected chi connectivity index (χ2v) is 8.73. The summed E-state index contributed by atoms with van der Waals surface area (Å²) in [5.41, 5.74) is 5.14. The molecule has 177 valence electrons. The third-order valence-electron chi connectivity index (χ3n) is 6.15. The van der Waals surface area contributed by atoms with E-state index in [9.17, 15) is 4.79 Å². The molecule has 0 amide bonds. The maximum Gasteiger partial charge on any atom is 0.352 e. The topological polar surface area (TPSA) is 61.6 Å². The molecule has 1 heterocycles. The molecule has 0 spiro atoms. The third-order valence-corrected chi connectivity index (χ3v) is 6.15. The summed E-state index contributed by atoms with van der Waals surface area (Å²) >= 11 is 0. The summed E-state index contributed by atoms with van der Waals surface area (Å²) in [4.78, 5) is 25.9. The molecule has 1 radical (unpaired) electrons. The van der Waals surface area contributed by atoms with Crippen LogP contribution < -0.4 is 4.89 Å². The van der Waals surface area contributed by atoms with Gasteiger partial charge >= 0.3 is 5.97 Å². The van der Waals surface area contributed by atoms with Crippen LogP contribution in [0.25, 0.3) is 28.2 Å². The molecule has 3 aromatic carbocycles. The fraction of sp³-hybridized carbons (Fsp3) is 0.200. The summed E-state index contributed by atoms with van der Waals surface area (Å²) in [6, 6.07) is 28.0. The van der Waals surface area contributed by atoms with Crippen molar-refractivity contribution in [2.75, 3.05) is 0 Å². The summed E-state index contributed by atoms with van der Waals surface area (Å²) in [7, 11) is 0. The molecule has 0 N–H and O–H groups in total. The molecule has 1 aromatic heterocycles. The SMILES string of the molecule is CC(=O)OOc1cccc(C[C@@H]2CCCC=C2c2nc(-c3ccccc3)c(-c3ccccc3)o2)c1.[Na]. The Hall–Kier alpha value is -3.12. The molecule has 0 aliphatic heterocycles. The first-order valence-electron chi connectivity index (χ1n) is 11.9. The standard InChI is InChI=1S/C30H27NO4.Na/c1-21(32)34-35-26-17-10-11-22(20-26)19-25-16-8-9-18-27(25)30-31-28(23-12-4-2-5-13-23)29(33-30)24-14-6-3-7-15-24;/h2-7,10-15,17-18,20,25H,8-9,16,19H2,1H3;/t25-;/m0./s1. The number of carbonyl (C=O) groups excluding carboxylic acids is 1. The van der Waals surface area contributed by atoms with E-state index in [1.807, 2.05) is 48.5 Å². The Balaban J connectivity index is 0.00000304. The molecule has 0 saturated carbocycles. The van der Waals surface area contributed by atoms with E-state index in [4.69, 9.17) is 14.3 Å². The van der Waals surface area contributed by atoms with Crippen LogP contribution >= 0.6 is 0 Å². The van der Waals surface area contributed by atoms with Gasteiger partial charge in [0, 0.05) is 53.2 Å². The van der Waals surface area contributed by atoms with Crippen LogP contribution in [0.3, 0.4) is 0 Å². The molecule has 4 aromatic rings. The predicted octanol–water partition coefficient (Wildman–Crippen LogP) is 6.91. The molecule has 36 heavy (non-hydrogen) atoms. The summed E-state index contributed by atoms with van der Waals surface area (Å²) in [6.45, 7) is 1.31. The average molecular weight is 489 g/mol. The van der Waals surface area contributed by atoms with Crippen molar-refractivity contribution in [2.24, 2.45) is 5.92 Å². The van der Waals surface area contributed by atoms with E-state index in [0.717, 1.165) is 59.4 Å². The molecular formula is C30H27NNaO4. The normalized spacial score (nSPS) is 14.9. The Kier molecular flexibility index (Phi) is 8.81. The van der Waals surface area contributed by atoms with E-state index in [1.165, 1.54) is 6.92 Å². The van der Waals surface area contributed by atoms with Crippen molar-refractivity contribution in [3.63, 3.8) is 0 Å². The van der Waals surface area contributed by atoms with Crippen LogP contribution in [0.1, 0.15) is 37.6 Å². The monoisotopic (exact) mass is 488 g/mol. The van der Waals surface area contributed by atoms with Gasteiger partial charge in [0.2, 0.25) is 5.89 Å². The summed E-state index contributed by atoms with van der Waals surface area (Å²) < 4.78 is 6.49. The molecule has 1 aliphatic carbocycles. The Bertz CT molecular complexity index is 1270. The van der Waals surface area contributed by atoms with Gasteiger partial charge < -0.3 is 4.42 Å². The number of aromatic nitrogens is 1. The summed E-state index contributed by atoms with van der Waals surface area (Å²) in [5, 5.41) is 0. The molecule has 0 unspecified atom stereocenters. The number of allylic oxidation sites excluding steroid dienone is 2. The minimum atomic E-state index is -0.486. The first kappa shape index (κ1) is 26.0. The van der Waals surface area contributed by atoms with E-state index in [1.54, 1.807) is 6.07 Å². The fourth-order valence-corrected chi connectivity index (χ4v) is 4.55. The number of carbonyl (C=O) groups is 1. The van der Waals surface area contributed by atoms with Crippen LogP contribution in [-0.2, 0) is 16.1 Å². The van der Waals surface area contributed by atoms with Gasteiger partial charge in [0.1, 0.15) is 5.69 Å². The van der Waals surface area contributed by atoms with Crippen molar-refractivity contribution in [3.8, 4) is 28.3 Å². The Morgan fingerprint density at radius 2 is 1.69 bits per heavy atom. The maximum absolute atomic E-state index is 11.1. The van der Waals surface area contributed by atoms with Crippen molar-refractivity contribution in [3.05, 3.63) is 102 Å².